The van der Waals surface area contributed by atoms with E-state index in [1.165, 1.54) is 25.2 Å². The van der Waals surface area contributed by atoms with Crippen LogP contribution in [0.25, 0.3) is 0 Å². The maximum Gasteiger partial charge on any atom is 0.329 e. The number of thioether (sulfide) groups is 1. The number of nitrogens with one attached hydrogen (secondary N) is 3. The van der Waals surface area contributed by atoms with Crippen molar-refractivity contribution in [3.8, 4) is 0 Å². The molecule has 212 valence electrons. The van der Waals surface area contributed by atoms with Gasteiger partial charge in [0, 0.05) is 11.1 Å². The molecule has 0 saturated carbocycles. The van der Waals surface area contributed by atoms with Crippen molar-refractivity contribution in [2.45, 2.75) is 77.7 Å². The van der Waals surface area contributed by atoms with Crippen molar-refractivity contribution in [2.24, 2.45) is 11.7 Å². The maximum atomic E-state index is 13.1. The topological polar surface area (TPSA) is 170 Å². The summed E-state index contributed by atoms with van der Waals surface area (Å²) >= 11 is 2.31. The van der Waals surface area contributed by atoms with Gasteiger partial charge < -0.3 is 26.4 Å². The summed E-state index contributed by atoms with van der Waals surface area (Å²) in [5.74, 6) is -2.05. The lowest BCUT2D eigenvalue weighted by atomic mass is 9.99. The van der Waals surface area contributed by atoms with E-state index in [-0.39, 0.29) is 48.0 Å². The molecule has 0 radical (unpaired) electrons. The molecule has 0 fully saturated rings. The number of halogens is 1. The second-order valence-corrected chi connectivity index (χ2v) is 11.6. The smallest absolute Gasteiger partial charge is 0.329 e. The Kier molecular flexibility index (Phi) is 13.4. The van der Waals surface area contributed by atoms with Gasteiger partial charge in [-0.3, -0.25) is 19.2 Å². The van der Waals surface area contributed by atoms with Crippen LogP contribution in [-0.2, 0) is 30.5 Å². The molecule has 3 atom stereocenters. The third kappa shape index (κ3) is 10.4. The van der Waals surface area contributed by atoms with Crippen LogP contribution in [-0.4, -0.2) is 63.3 Å². The Morgan fingerprint density at radius 3 is 2.61 bits per heavy atom. The van der Waals surface area contributed by atoms with Gasteiger partial charge in [-0.2, -0.15) is 0 Å². The molecule has 1 aliphatic heterocycles. The molecule has 5 N–H and O–H groups in total. The second-order valence-electron chi connectivity index (χ2n) is 9.53. The van der Waals surface area contributed by atoms with Gasteiger partial charge in [-0.05, 0) is 39.2 Å². The molecule has 0 spiro atoms. The van der Waals surface area contributed by atoms with Crippen molar-refractivity contribution in [3.63, 3.8) is 0 Å². The highest BCUT2D eigenvalue weighted by molar-refractivity contribution is 8.13. The first kappa shape index (κ1) is 33.5. The van der Waals surface area contributed by atoms with Gasteiger partial charge in [0.25, 0.3) is 5.91 Å². The summed E-state index contributed by atoms with van der Waals surface area (Å²) in [6, 6.07) is -1.57. The van der Waals surface area contributed by atoms with Crippen LogP contribution < -0.4 is 21.7 Å². The van der Waals surface area contributed by atoms with E-state index >= 15 is 0 Å². The Balaban J connectivity index is 0.00000722. The van der Waals surface area contributed by atoms with Gasteiger partial charge in [0.05, 0.1) is 19.0 Å². The fourth-order valence-corrected chi connectivity index (χ4v) is 4.56. The van der Waals surface area contributed by atoms with Gasteiger partial charge >= 0.3 is 5.97 Å². The standard InChI is InChI=1S/C24H35N5O6S2.ClH/c1-13(2)19-21(32)35-15(8-6-7-9-36-22(33)14(3)25)10-17(30)26-11-18-27-16(12-37-18)20(31)29-24(4,5)23(34)28-19;/h6,8,12-15,19H,7,9-11,25H2,1-5H3,(H,26,30)(H,28,34)(H,29,31);1H/b8-6+;/t14?,15-,19+;/m1./s1. The summed E-state index contributed by atoms with van der Waals surface area (Å²) in [6.07, 6.45) is 2.78. The molecule has 1 aliphatic rings. The minimum absolute atomic E-state index is 0. The molecule has 2 bridgehead atoms. The first-order valence-electron chi connectivity index (χ1n) is 11.9. The first-order valence-corrected chi connectivity index (χ1v) is 13.8. The van der Waals surface area contributed by atoms with Crippen LogP contribution in [0.1, 0.15) is 63.0 Å². The zero-order chi connectivity index (χ0) is 27.8. The number of aromatic nitrogens is 1. The van der Waals surface area contributed by atoms with Gasteiger partial charge in [-0.25, -0.2) is 9.78 Å². The molecule has 0 aliphatic carbocycles. The summed E-state index contributed by atoms with van der Waals surface area (Å²) in [6.45, 7) is 8.26. The van der Waals surface area contributed by atoms with Crippen molar-refractivity contribution < 1.29 is 28.7 Å². The van der Waals surface area contributed by atoms with E-state index in [4.69, 9.17) is 10.5 Å². The summed E-state index contributed by atoms with van der Waals surface area (Å²) in [4.78, 5) is 67.2. The number of cyclic esters (lactones) is 1. The van der Waals surface area contributed by atoms with Gasteiger partial charge in [0.1, 0.15) is 28.4 Å². The fraction of sp³-hybridized carbons (Fsp3) is 0.583. The van der Waals surface area contributed by atoms with E-state index < -0.39 is 41.5 Å². The van der Waals surface area contributed by atoms with Crippen molar-refractivity contribution >= 4 is 64.3 Å². The number of nitrogens with two attached hydrogens (primary N) is 1. The normalized spacial score (nSPS) is 21.7. The van der Waals surface area contributed by atoms with Gasteiger partial charge in [-0.15, -0.1) is 23.7 Å². The Morgan fingerprint density at radius 1 is 1.29 bits per heavy atom. The maximum absolute atomic E-state index is 13.1. The quantitative estimate of drug-likeness (QED) is 0.219. The monoisotopic (exact) mass is 589 g/mol. The summed E-state index contributed by atoms with van der Waals surface area (Å²) in [5.41, 5.74) is 4.35. The number of allylic oxidation sites excluding steroid dienone is 1. The molecule has 2 heterocycles. The molecule has 38 heavy (non-hydrogen) atoms. The van der Waals surface area contributed by atoms with Gasteiger partial charge in [0.15, 0.2) is 0 Å². The number of fused-ring (bicyclic) bond motifs is 2. The summed E-state index contributed by atoms with van der Waals surface area (Å²) in [5, 5.41) is 9.96. The average molecular weight is 590 g/mol. The zero-order valence-corrected chi connectivity index (χ0v) is 24.5. The van der Waals surface area contributed by atoms with E-state index in [0.29, 0.717) is 17.2 Å². The number of thiazole rings is 1. The minimum atomic E-state index is -1.34. The van der Waals surface area contributed by atoms with E-state index in [1.807, 2.05) is 0 Å². The Morgan fingerprint density at radius 2 is 1.97 bits per heavy atom. The molecule has 2 rings (SSSR count). The van der Waals surface area contributed by atoms with Crippen molar-refractivity contribution in [3.05, 3.63) is 28.2 Å². The SMILES string of the molecule is CC(N)C(=O)SCC/C=C/[C@@H]1CC(=O)NCc2nc(cs2)C(=O)NC(C)(C)C(=O)N[C@@H](C(C)C)C(=O)O1.Cl. The van der Waals surface area contributed by atoms with Crippen LogP contribution in [0, 0.1) is 5.92 Å². The van der Waals surface area contributed by atoms with E-state index in [2.05, 4.69) is 20.9 Å². The fourth-order valence-electron chi connectivity index (χ4n) is 3.13. The van der Waals surface area contributed by atoms with Crippen LogP contribution in [0.4, 0.5) is 0 Å². The van der Waals surface area contributed by atoms with E-state index in [0.717, 1.165) is 11.8 Å². The van der Waals surface area contributed by atoms with Gasteiger partial charge in [-0.1, -0.05) is 31.7 Å². The van der Waals surface area contributed by atoms with Crippen molar-refractivity contribution in [1.82, 2.24) is 20.9 Å². The molecular formula is C24H36ClN5O6S2. The molecule has 1 aromatic heterocycles. The van der Waals surface area contributed by atoms with E-state index in [9.17, 15) is 24.0 Å². The molecule has 1 aromatic rings. The molecule has 3 amide bonds. The lowest BCUT2D eigenvalue weighted by molar-refractivity contribution is -0.153. The minimum Gasteiger partial charge on any atom is -0.456 e. The number of carbonyl (C=O) groups excluding carboxylic acids is 5. The van der Waals surface area contributed by atoms with Crippen LogP contribution in [0.5, 0.6) is 0 Å². The Bertz CT molecular complexity index is 1040. The lowest BCUT2D eigenvalue weighted by Crippen LogP contribution is -2.59. The van der Waals surface area contributed by atoms with Crippen LogP contribution in [0.15, 0.2) is 17.5 Å². The zero-order valence-electron chi connectivity index (χ0n) is 22.1. The van der Waals surface area contributed by atoms with E-state index in [1.54, 1.807) is 38.3 Å². The number of nitrogens with zero attached hydrogens (tertiary/aromatic N) is 1. The molecule has 1 unspecified atom stereocenters. The largest absolute Gasteiger partial charge is 0.456 e. The summed E-state index contributed by atoms with van der Waals surface area (Å²) in [7, 11) is 0. The van der Waals surface area contributed by atoms with Crippen LogP contribution in [0.2, 0.25) is 0 Å². The number of hydrogen-bond acceptors (Lipinski definition) is 10. The second kappa shape index (κ2) is 15.2. The number of rotatable bonds is 6. The first-order chi connectivity index (χ1) is 17.3. The molecular weight excluding hydrogens is 554 g/mol. The molecule has 0 saturated heterocycles. The number of carbonyl (C=O) groups is 5. The molecule has 0 aromatic carbocycles. The highest BCUT2D eigenvalue weighted by Crippen LogP contribution is 2.15. The predicted octanol–water partition coefficient (Wildman–Crippen LogP) is 1.70. The molecule has 11 nitrogen and oxygen atoms in total. The summed E-state index contributed by atoms with van der Waals surface area (Å²) < 4.78 is 5.63. The predicted molar refractivity (Wildman–Crippen MR) is 149 cm³/mol. The lowest BCUT2D eigenvalue weighted by Gasteiger charge is -2.29. The number of hydrogen-bond donors (Lipinski definition) is 4. The highest BCUT2D eigenvalue weighted by Gasteiger charge is 2.36. The van der Waals surface area contributed by atoms with Gasteiger partial charge in [0.2, 0.25) is 16.9 Å². The number of esters is 1. The third-order valence-electron chi connectivity index (χ3n) is 5.33. The molecule has 14 heteroatoms. The van der Waals surface area contributed by atoms with Crippen LogP contribution in [0.3, 0.4) is 0 Å². The number of ether oxygens (including phenoxy) is 1. The third-order valence-corrected chi connectivity index (χ3v) is 7.27. The Labute approximate surface area is 236 Å². The number of amides is 3. The highest BCUT2D eigenvalue weighted by atomic mass is 35.5. The van der Waals surface area contributed by atoms with Crippen molar-refractivity contribution in [2.75, 3.05) is 5.75 Å². The van der Waals surface area contributed by atoms with Crippen molar-refractivity contribution in [1.29, 1.82) is 0 Å². The average Bonchev–Trinajstić information content (AvgIpc) is 3.28. The van der Waals surface area contributed by atoms with Crippen LogP contribution >= 0.6 is 35.5 Å². The Hall–Kier alpha value is -2.48.